The van der Waals surface area contributed by atoms with Crippen molar-refractivity contribution in [1.82, 2.24) is 0 Å². The summed E-state index contributed by atoms with van der Waals surface area (Å²) in [6.07, 6.45) is 6.12. The van der Waals surface area contributed by atoms with Crippen LogP contribution in [0.1, 0.15) is 79.6 Å². The highest BCUT2D eigenvalue weighted by atomic mass is 17.1. The zero-order chi connectivity index (χ0) is 17.1. The molecule has 2 N–H and O–H groups in total. The molecule has 0 aromatic rings. The van der Waals surface area contributed by atoms with E-state index in [4.69, 9.17) is 9.62 Å². The molecule has 1 aliphatic heterocycles. The summed E-state index contributed by atoms with van der Waals surface area (Å²) in [4.78, 5) is 5.00. The SMILES string of the molecule is CC[C@@]1(C)CC[C@@H]2[C@@]3(C)CCCC(C)(C)[C@@H]3C[C@@H](O)[C@@]2(OO)O1. The lowest BCUT2D eigenvalue weighted by Crippen LogP contribution is -2.70. The third-order valence-corrected chi connectivity index (χ3v) is 7.74. The van der Waals surface area contributed by atoms with E-state index in [2.05, 4.69) is 34.6 Å². The third-order valence-electron chi connectivity index (χ3n) is 7.74. The molecule has 0 amide bonds. The summed E-state index contributed by atoms with van der Waals surface area (Å²) in [7, 11) is 0. The summed E-state index contributed by atoms with van der Waals surface area (Å²) >= 11 is 0. The first-order valence-corrected chi connectivity index (χ1v) is 9.34. The second kappa shape index (κ2) is 5.42. The second-order valence-electron chi connectivity index (χ2n) is 9.46. The summed E-state index contributed by atoms with van der Waals surface area (Å²) in [5.41, 5.74) is -0.0898. The standard InChI is InChI=1S/C19H34O4/c1-6-17(4)11-8-13-18(5)10-7-9-16(2,3)14(18)12-15(20)19(13,22-17)23-21/h13-15,20-21H,6-12H2,1-5H3/t13-,14+,15-,17+,18-,19-/m1/s1. The fourth-order valence-corrected chi connectivity index (χ4v) is 6.20. The molecule has 0 unspecified atom stereocenters. The molecule has 134 valence electrons. The summed E-state index contributed by atoms with van der Waals surface area (Å²) < 4.78 is 6.34. The Morgan fingerprint density at radius 3 is 2.39 bits per heavy atom. The van der Waals surface area contributed by atoms with Crippen LogP contribution in [-0.2, 0) is 9.62 Å². The van der Waals surface area contributed by atoms with Crippen molar-refractivity contribution in [3.63, 3.8) is 0 Å². The molecule has 0 radical (unpaired) electrons. The maximum absolute atomic E-state index is 11.0. The molecular weight excluding hydrogens is 292 g/mol. The van der Waals surface area contributed by atoms with Crippen LogP contribution in [-0.4, -0.2) is 27.9 Å². The quantitative estimate of drug-likeness (QED) is 0.584. The number of fused-ring (bicyclic) bond motifs is 3. The lowest BCUT2D eigenvalue weighted by Gasteiger charge is -2.65. The lowest BCUT2D eigenvalue weighted by atomic mass is 9.45. The molecule has 0 aromatic heterocycles. The summed E-state index contributed by atoms with van der Waals surface area (Å²) in [6, 6.07) is 0. The molecule has 0 bridgehead atoms. The minimum absolute atomic E-state index is 0.0351. The molecule has 3 rings (SSSR count). The van der Waals surface area contributed by atoms with Crippen LogP contribution in [0.5, 0.6) is 0 Å². The first kappa shape index (κ1) is 17.7. The molecule has 1 saturated heterocycles. The monoisotopic (exact) mass is 326 g/mol. The van der Waals surface area contributed by atoms with Crippen LogP contribution < -0.4 is 0 Å². The predicted octanol–water partition coefficient (Wildman–Crippen LogP) is 4.36. The first-order valence-electron chi connectivity index (χ1n) is 9.34. The van der Waals surface area contributed by atoms with Gasteiger partial charge in [0.05, 0.1) is 5.60 Å². The van der Waals surface area contributed by atoms with E-state index >= 15 is 0 Å². The molecule has 1 heterocycles. The largest absolute Gasteiger partial charge is 0.387 e. The number of aliphatic hydroxyl groups excluding tert-OH is 1. The summed E-state index contributed by atoms with van der Waals surface area (Å²) in [6.45, 7) is 11.1. The van der Waals surface area contributed by atoms with E-state index in [9.17, 15) is 10.4 Å². The van der Waals surface area contributed by atoms with Gasteiger partial charge in [-0.05, 0) is 62.2 Å². The highest BCUT2D eigenvalue weighted by molar-refractivity contribution is 5.11. The zero-order valence-electron chi connectivity index (χ0n) is 15.4. The Bertz CT molecular complexity index is 464. The first-order chi connectivity index (χ1) is 10.6. The maximum atomic E-state index is 11.0. The molecule has 23 heavy (non-hydrogen) atoms. The average molecular weight is 326 g/mol. The van der Waals surface area contributed by atoms with E-state index in [0.717, 1.165) is 25.7 Å². The number of hydrogen-bond acceptors (Lipinski definition) is 4. The van der Waals surface area contributed by atoms with Crippen LogP contribution in [0.3, 0.4) is 0 Å². The Morgan fingerprint density at radius 2 is 1.78 bits per heavy atom. The smallest absolute Gasteiger partial charge is 0.231 e. The highest BCUT2D eigenvalue weighted by Crippen LogP contribution is 2.65. The van der Waals surface area contributed by atoms with Gasteiger partial charge in [-0.3, -0.25) is 0 Å². The van der Waals surface area contributed by atoms with Gasteiger partial charge in [0, 0.05) is 5.92 Å². The van der Waals surface area contributed by atoms with Gasteiger partial charge in [0.2, 0.25) is 5.79 Å². The Kier molecular flexibility index (Phi) is 4.16. The molecule has 3 fully saturated rings. The second-order valence-corrected chi connectivity index (χ2v) is 9.46. The van der Waals surface area contributed by atoms with Gasteiger partial charge in [0.1, 0.15) is 6.10 Å². The fraction of sp³-hybridized carbons (Fsp3) is 1.00. The number of aliphatic hydroxyl groups is 1. The molecular formula is C19H34O4. The summed E-state index contributed by atoms with van der Waals surface area (Å²) in [5, 5.41) is 20.8. The van der Waals surface area contributed by atoms with Crippen molar-refractivity contribution in [1.29, 1.82) is 0 Å². The number of ether oxygens (including phenoxy) is 1. The molecule has 2 aliphatic carbocycles. The van der Waals surface area contributed by atoms with Crippen LogP contribution in [0.15, 0.2) is 0 Å². The number of hydrogen-bond donors (Lipinski definition) is 2. The molecule has 4 nitrogen and oxygen atoms in total. The van der Waals surface area contributed by atoms with Crippen LogP contribution in [0, 0.1) is 22.7 Å². The van der Waals surface area contributed by atoms with Gasteiger partial charge in [-0.1, -0.05) is 34.1 Å². The van der Waals surface area contributed by atoms with Crippen molar-refractivity contribution in [2.24, 2.45) is 22.7 Å². The van der Waals surface area contributed by atoms with Gasteiger partial charge in [-0.2, -0.15) is 0 Å². The van der Waals surface area contributed by atoms with Gasteiger partial charge < -0.3 is 9.84 Å². The molecule has 2 saturated carbocycles. The maximum Gasteiger partial charge on any atom is 0.231 e. The Hall–Kier alpha value is -0.160. The number of rotatable bonds is 2. The lowest BCUT2D eigenvalue weighted by molar-refractivity contribution is -0.493. The molecule has 3 aliphatic rings. The van der Waals surface area contributed by atoms with Gasteiger partial charge in [-0.15, -0.1) is 0 Å². The van der Waals surface area contributed by atoms with Crippen LogP contribution in [0.25, 0.3) is 0 Å². The van der Waals surface area contributed by atoms with E-state index in [-0.39, 0.29) is 22.3 Å². The third kappa shape index (κ3) is 2.40. The van der Waals surface area contributed by atoms with Crippen LogP contribution in [0.2, 0.25) is 0 Å². The predicted molar refractivity (Wildman–Crippen MR) is 88.8 cm³/mol. The normalized spacial score (nSPS) is 52.6. The van der Waals surface area contributed by atoms with Gasteiger partial charge in [0.25, 0.3) is 0 Å². The van der Waals surface area contributed by atoms with E-state index in [1.165, 1.54) is 12.8 Å². The van der Waals surface area contributed by atoms with Crippen molar-refractivity contribution in [2.75, 3.05) is 0 Å². The van der Waals surface area contributed by atoms with Gasteiger partial charge in [0.15, 0.2) is 0 Å². The summed E-state index contributed by atoms with van der Waals surface area (Å²) in [5.74, 6) is -0.795. The van der Waals surface area contributed by atoms with Gasteiger partial charge >= 0.3 is 0 Å². The minimum Gasteiger partial charge on any atom is -0.387 e. The highest BCUT2D eigenvalue weighted by Gasteiger charge is 2.68. The average Bonchev–Trinajstić information content (AvgIpc) is 2.49. The Balaban J connectivity index is 2.03. The fourth-order valence-electron chi connectivity index (χ4n) is 6.20. The van der Waals surface area contributed by atoms with Crippen molar-refractivity contribution in [3.8, 4) is 0 Å². The van der Waals surface area contributed by atoms with Gasteiger partial charge in [-0.25, -0.2) is 10.1 Å². The topological polar surface area (TPSA) is 58.9 Å². The van der Waals surface area contributed by atoms with Crippen molar-refractivity contribution in [3.05, 3.63) is 0 Å². The van der Waals surface area contributed by atoms with E-state index < -0.39 is 11.9 Å². The molecule has 4 heteroatoms. The van der Waals surface area contributed by atoms with Crippen molar-refractivity contribution >= 4 is 0 Å². The Morgan fingerprint density at radius 1 is 1.09 bits per heavy atom. The van der Waals surface area contributed by atoms with E-state index in [1.807, 2.05) is 0 Å². The molecule has 0 spiro atoms. The van der Waals surface area contributed by atoms with Crippen molar-refractivity contribution < 1.29 is 20.0 Å². The van der Waals surface area contributed by atoms with E-state index in [1.54, 1.807) is 0 Å². The molecule has 0 aromatic carbocycles. The Labute approximate surface area is 140 Å². The van der Waals surface area contributed by atoms with Crippen LogP contribution in [0.4, 0.5) is 0 Å². The molecule has 6 atom stereocenters. The zero-order valence-corrected chi connectivity index (χ0v) is 15.4. The minimum atomic E-state index is -1.26. The van der Waals surface area contributed by atoms with Crippen LogP contribution >= 0.6 is 0 Å². The van der Waals surface area contributed by atoms with Crippen molar-refractivity contribution in [2.45, 2.75) is 97.1 Å². The van der Waals surface area contributed by atoms with E-state index in [0.29, 0.717) is 12.3 Å².